The topological polar surface area (TPSA) is 96.0 Å². The van der Waals surface area contributed by atoms with Crippen LogP contribution in [0, 0.1) is 0 Å². The zero-order valence-electron chi connectivity index (χ0n) is 19.5. The van der Waals surface area contributed by atoms with Crippen LogP contribution in [0.15, 0.2) is 53.4 Å². The molecule has 0 unspecified atom stereocenters. The fourth-order valence-electron chi connectivity index (χ4n) is 3.93. The lowest BCUT2D eigenvalue weighted by Crippen LogP contribution is -2.38. The van der Waals surface area contributed by atoms with Crippen molar-refractivity contribution in [3.05, 3.63) is 74.6 Å². The van der Waals surface area contributed by atoms with E-state index >= 15 is 0 Å². The van der Waals surface area contributed by atoms with Crippen LogP contribution in [0.4, 0.5) is 10.7 Å². The molecule has 0 saturated carbocycles. The average Bonchev–Trinajstić information content (AvgIpc) is 3.20. The summed E-state index contributed by atoms with van der Waals surface area (Å²) in [5.74, 6) is -1.21. The van der Waals surface area contributed by atoms with Crippen molar-refractivity contribution in [1.29, 1.82) is 0 Å². The molecule has 2 aromatic carbocycles. The quantitative estimate of drug-likeness (QED) is 0.417. The number of amides is 1. The first-order chi connectivity index (χ1) is 17.1. The van der Waals surface area contributed by atoms with Gasteiger partial charge in [0, 0.05) is 23.0 Å². The first-order valence-electron chi connectivity index (χ1n) is 10.9. The van der Waals surface area contributed by atoms with Crippen molar-refractivity contribution in [1.82, 2.24) is 4.90 Å². The molecular formula is C24H23Cl2N3O5S2. The van der Waals surface area contributed by atoms with Crippen molar-refractivity contribution in [3.63, 3.8) is 0 Å². The van der Waals surface area contributed by atoms with Gasteiger partial charge in [-0.15, -0.1) is 11.3 Å². The number of nitrogens with zero attached hydrogens (tertiary/aromatic N) is 2. The highest BCUT2D eigenvalue weighted by Crippen LogP contribution is 2.38. The van der Waals surface area contributed by atoms with Crippen LogP contribution < -0.4 is 9.62 Å². The molecule has 0 bridgehead atoms. The molecule has 1 aromatic heterocycles. The van der Waals surface area contributed by atoms with Crippen LogP contribution in [0.25, 0.3) is 0 Å². The summed E-state index contributed by atoms with van der Waals surface area (Å²) in [5.41, 5.74) is 1.20. The summed E-state index contributed by atoms with van der Waals surface area (Å²) in [7, 11) is -0.935. The summed E-state index contributed by atoms with van der Waals surface area (Å²) >= 11 is 13.7. The van der Waals surface area contributed by atoms with E-state index in [1.807, 2.05) is 7.05 Å². The second-order valence-corrected chi connectivity index (χ2v) is 12.0. The number of anilines is 2. The molecule has 0 spiro atoms. The predicted molar refractivity (Wildman–Crippen MR) is 142 cm³/mol. The van der Waals surface area contributed by atoms with E-state index in [0.717, 1.165) is 21.3 Å². The fraction of sp³-hybridized carbons (Fsp3) is 0.250. The lowest BCUT2D eigenvalue weighted by atomic mass is 10.0. The summed E-state index contributed by atoms with van der Waals surface area (Å²) in [6.07, 6.45) is 0.634. The van der Waals surface area contributed by atoms with Crippen LogP contribution in [-0.2, 0) is 32.5 Å². The molecule has 190 valence electrons. The maximum absolute atomic E-state index is 13.6. The Kier molecular flexibility index (Phi) is 7.91. The van der Waals surface area contributed by atoms with Gasteiger partial charge in [0.2, 0.25) is 5.91 Å². The number of sulfonamides is 1. The number of hydrogen-bond donors (Lipinski definition) is 1. The first kappa shape index (κ1) is 26.4. The van der Waals surface area contributed by atoms with Crippen molar-refractivity contribution in [2.75, 3.05) is 36.9 Å². The van der Waals surface area contributed by atoms with Crippen molar-refractivity contribution < 1.29 is 22.7 Å². The smallest absolute Gasteiger partial charge is 0.341 e. The van der Waals surface area contributed by atoms with Crippen LogP contribution in [0.2, 0.25) is 10.0 Å². The Morgan fingerprint density at radius 3 is 2.58 bits per heavy atom. The van der Waals surface area contributed by atoms with Gasteiger partial charge in [-0.05, 0) is 49.4 Å². The van der Waals surface area contributed by atoms with Crippen LogP contribution in [0.1, 0.15) is 20.8 Å². The van der Waals surface area contributed by atoms with Gasteiger partial charge in [0.05, 0.1) is 28.3 Å². The van der Waals surface area contributed by atoms with Crippen LogP contribution in [0.3, 0.4) is 0 Å². The van der Waals surface area contributed by atoms with Gasteiger partial charge < -0.3 is 15.0 Å². The minimum atomic E-state index is -4.19. The SMILES string of the molecule is COC(=O)c1c(NC(=O)CN(c2cc(Cl)ccc2Cl)S(=O)(=O)c2ccccc2)sc2c1CCN(C)C2. The van der Waals surface area contributed by atoms with E-state index in [9.17, 15) is 18.0 Å². The number of benzene rings is 2. The predicted octanol–water partition coefficient (Wildman–Crippen LogP) is 4.66. The second kappa shape index (κ2) is 10.8. The van der Waals surface area contributed by atoms with Gasteiger partial charge in [-0.3, -0.25) is 9.10 Å². The molecule has 4 rings (SSSR count). The molecule has 1 N–H and O–H groups in total. The summed E-state index contributed by atoms with van der Waals surface area (Å²) in [4.78, 5) is 28.9. The Hall–Kier alpha value is -2.63. The van der Waals surface area contributed by atoms with Crippen LogP contribution in [0.5, 0.6) is 0 Å². The van der Waals surface area contributed by atoms with Crippen molar-refractivity contribution >= 4 is 67.1 Å². The lowest BCUT2D eigenvalue weighted by Gasteiger charge is -2.25. The number of fused-ring (bicyclic) bond motifs is 1. The van der Waals surface area contributed by atoms with Gasteiger partial charge in [-0.2, -0.15) is 0 Å². The van der Waals surface area contributed by atoms with E-state index in [1.165, 1.54) is 48.8 Å². The molecule has 1 aliphatic heterocycles. The molecule has 0 atom stereocenters. The monoisotopic (exact) mass is 567 g/mol. The molecule has 36 heavy (non-hydrogen) atoms. The number of nitrogens with one attached hydrogen (secondary N) is 1. The number of thiophene rings is 1. The molecule has 3 aromatic rings. The number of esters is 1. The lowest BCUT2D eigenvalue weighted by molar-refractivity contribution is -0.114. The molecule has 0 aliphatic carbocycles. The summed E-state index contributed by atoms with van der Waals surface area (Å²) in [6, 6.07) is 12.1. The Labute approximate surface area is 223 Å². The van der Waals surface area contributed by atoms with Gasteiger partial charge in [0.25, 0.3) is 10.0 Å². The Morgan fingerprint density at radius 2 is 1.89 bits per heavy atom. The summed E-state index contributed by atoms with van der Waals surface area (Å²) in [5, 5.41) is 3.42. The maximum Gasteiger partial charge on any atom is 0.341 e. The number of hydrogen-bond acceptors (Lipinski definition) is 7. The number of halogens is 2. The highest BCUT2D eigenvalue weighted by molar-refractivity contribution is 7.92. The Morgan fingerprint density at radius 1 is 1.17 bits per heavy atom. The average molecular weight is 569 g/mol. The third kappa shape index (κ3) is 5.37. The molecule has 0 saturated heterocycles. The van der Waals surface area contributed by atoms with Crippen molar-refractivity contribution in [3.8, 4) is 0 Å². The Balaban J connectivity index is 1.71. The number of likely N-dealkylation sites (N-methyl/N-ethyl adjacent to an activating group) is 1. The second-order valence-electron chi connectivity index (χ2n) is 8.16. The minimum absolute atomic E-state index is 0.0151. The van der Waals surface area contributed by atoms with Gasteiger partial charge in [0.1, 0.15) is 11.5 Å². The largest absolute Gasteiger partial charge is 0.465 e. The third-order valence-corrected chi connectivity index (χ3v) is 9.15. The van der Waals surface area contributed by atoms with Crippen LogP contribution in [-0.4, -0.2) is 52.4 Å². The molecule has 1 aliphatic rings. The van der Waals surface area contributed by atoms with E-state index in [2.05, 4.69) is 10.2 Å². The molecule has 8 nitrogen and oxygen atoms in total. The summed E-state index contributed by atoms with van der Waals surface area (Å²) in [6.45, 7) is 0.796. The van der Waals surface area contributed by atoms with Gasteiger partial charge in [0.15, 0.2) is 0 Å². The number of carbonyl (C=O) groups is 2. The van der Waals surface area contributed by atoms with Crippen LogP contribution >= 0.6 is 34.5 Å². The Bertz CT molecular complexity index is 1410. The number of ether oxygens (including phenoxy) is 1. The number of rotatable bonds is 7. The van der Waals surface area contributed by atoms with E-state index in [1.54, 1.807) is 18.2 Å². The van der Waals surface area contributed by atoms with E-state index in [0.29, 0.717) is 23.5 Å². The maximum atomic E-state index is 13.6. The normalized spacial score (nSPS) is 13.7. The number of methoxy groups -OCH3 is 1. The standard InChI is InChI=1S/C24H23Cl2N3O5S2/c1-28-11-10-17-20(13-28)35-23(22(17)24(31)34-2)27-21(30)14-29(19-12-15(25)8-9-18(19)26)36(32,33)16-6-4-3-5-7-16/h3-9,12H,10-11,13-14H2,1-2H3,(H,27,30). The van der Waals surface area contributed by atoms with Crippen molar-refractivity contribution in [2.45, 2.75) is 17.9 Å². The first-order valence-corrected chi connectivity index (χ1v) is 13.9. The summed E-state index contributed by atoms with van der Waals surface area (Å²) < 4.78 is 33.0. The van der Waals surface area contributed by atoms with Crippen molar-refractivity contribution in [2.24, 2.45) is 0 Å². The number of carbonyl (C=O) groups excluding carboxylic acids is 2. The fourth-order valence-corrected chi connectivity index (χ4v) is 7.15. The van der Waals surface area contributed by atoms with E-state index in [-0.39, 0.29) is 20.6 Å². The minimum Gasteiger partial charge on any atom is -0.465 e. The highest BCUT2D eigenvalue weighted by Gasteiger charge is 2.32. The molecule has 0 radical (unpaired) electrons. The van der Waals surface area contributed by atoms with Gasteiger partial charge >= 0.3 is 5.97 Å². The third-order valence-electron chi connectivity index (χ3n) is 5.69. The van der Waals surface area contributed by atoms with Gasteiger partial charge in [-0.1, -0.05) is 41.4 Å². The molecule has 2 heterocycles. The zero-order chi connectivity index (χ0) is 26.0. The van der Waals surface area contributed by atoms with Gasteiger partial charge in [-0.25, -0.2) is 13.2 Å². The molecule has 1 amide bonds. The van der Waals surface area contributed by atoms with E-state index < -0.39 is 28.4 Å². The molecule has 12 heteroatoms. The molecule has 0 fully saturated rings. The highest BCUT2D eigenvalue weighted by atomic mass is 35.5. The molecular weight excluding hydrogens is 545 g/mol. The zero-order valence-corrected chi connectivity index (χ0v) is 22.6. The van der Waals surface area contributed by atoms with E-state index in [4.69, 9.17) is 27.9 Å².